The molecule has 0 saturated heterocycles. The molecule has 0 atom stereocenters. The normalized spacial score (nSPS) is 10.7. The summed E-state index contributed by atoms with van der Waals surface area (Å²) in [6.45, 7) is 0. The lowest BCUT2D eigenvalue weighted by Gasteiger charge is -2.12. The number of aromatic nitrogens is 1. The standard InChI is InChI=1S/C16H16N2O4/c1-19-12-7-9(8-13(20-2)15(12)21-3)16-18-14-10(17)5-4-6-11(14)22-16/h4-8H,17H2,1-3H3. The largest absolute Gasteiger partial charge is 0.493 e. The molecule has 114 valence electrons. The number of nitrogens with zero attached hydrogens (tertiary/aromatic N) is 1. The van der Waals surface area contributed by atoms with Crippen LogP contribution in [0.3, 0.4) is 0 Å². The van der Waals surface area contributed by atoms with Crippen molar-refractivity contribution in [2.75, 3.05) is 27.1 Å². The maximum absolute atomic E-state index is 5.91. The Morgan fingerprint density at radius 3 is 2.23 bits per heavy atom. The van der Waals surface area contributed by atoms with E-state index in [1.54, 1.807) is 39.5 Å². The van der Waals surface area contributed by atoms with Crippen molar-refractivity contribution in [1.29, 1.82) is 0 Å². The van der Waals surface area contributed by atoms with Crippen LogP contribution in [0.15, 0.2) is 34.7 Å². The zero-order valence-corrected chi connectivity index (χ0v) is 12.5. The van der Waals surface area contributed by atoms with Crippen molar-refractivity contribution in [3.63, 3.8) is 0 Å². The summed E-state index contributed by atoms with van der Waals surface area (Å²) in [6.07, 6.45) is 0. The minimum atomic E-state index is 0.437. The van der Waals surface area contributed by atoms with E-state index >= 15 is 0 Å². The summed E-state index contributed by atoms with van der Waals surface area (Å²) >= 11 is 0. The number of nitrogen functional groups attached to an aromatic ring is 1. The molecule has 0 bridgehead atoms. The van der Waals surface area contributed by atoms with Gasteiger partial charge in [0.05, 0.1) is 27.0 Å². The van der Waals surface area contributed by atoms with Crippen molar-refractivity contribution in [3.8, 4) is 28.7 Å². The van der Waals surface area contributed by atoms with Gasteiger partial charge in [0.1, 0.15) is 5.52 Å². The topological polar surface area (TPSA) is 79.7 Å². The lowest BCUT2D eigenvalue weighted by molar-refractivity contribution is 0.324. The van der Waals surface area contributed by atoms with E-state index in [-0.39, 0.29) is 0 Å². The highest BCUT2D eigenvalue weighted by Crippen LogP contribution is 2.41. The first kappa shape index (κ1) is 14.1. The molecule has 3 aromatic rings. The van der Waals surface area contributed by atoms with Crippen LogP contribution >= 0.6 is 0 Å². The molecule has 0 aliphatic heterocycles. The van der Waals surface area contributed by atoms with Gasteiger partial charge in [-0.2, -0.15) is 0 Å². The predicted molar refractivity (Wildman–Crippen MR) is 83.5 cm³/mol. The van der Waals surface area contributed by atoms with Crippen LogP contribution in [0.25, 0.3) is 22.6 Å². The van der Waals surface area contributed by atoms with Crippen molar-refractivity contribution in [1.82, 2.24) is 4.98 Å². The molecular weight excluding hydrogens is 284 g/mol. The van der Waals surface area contributed by atoms with Gasteiger partial charge in [0.2, 0.25) is 11.6 Å². The van der Waals surface area contributed by atoms with Crippen molar-refractivity contribution in [2.45, 2.75) is 0 Å². The molecule has 6 nitrogen and oxygen atoms in total. The lowest BCUT2D eigenvalue weighted by Crippen LogP contribution is -1.95. The fraction of sp³-hybridized carbons (Fsp3) is 0.188. The maximum atomic E-state index is 5.91. The number of fused-ring (bicyclic) bond motifs is 1. The number of hydrogen-bond donors (Lipinski definition) is 1. The molecule has 0 spiro atoms. The average molecular weight is 300 g/mol. The van der Waals surface area contributed by atoms with Gasteiger partial charge >= 0.3 is 0 Å². The average Bonchev–Trinajstić information content (AvgIpc) is 2.99. The molecule has 0 radical (unpaired) electrons. The third-order valence-electron chi connectivity index (χ3n) is 3.36. The summed E-state index contributed by atoms with van der Waals surface area (Å²) in [5.41, 5.74) is 8.46. The number of hydrogen-bond acceptors (Lipinski definition) is 6. The van der Waals surface area contributed by atoms with Gasteiger partial charge in [-0.05, 0) is 24.3 Å². The van der Waals surface area contributed by atoms with E-state index in [9.17, 15) is 0 Å². The van der Waals surface area contributed by atoms with Gasteiger partial charge in [-0.1, -0.05) is 6.07 Å². The van der Waals surface area contributed by atoms with E-state index in [2.05, 4.69) is 4.98 Å². The third-order valence-corrected chi connectivity index (χ3v) is 3.36. The van der Waals surface area contributed by atoms with Crippen molar-refractivity contribution in [3.05, 3.63) is 30.3 Å². The van der Waals surface area contributed by atoms with Crippen LogP contribution in [-0.4, -0.2) is 26.3 Å². The van der Waals surface area contributed by atoms with E-state index in [0.717, 1.165) is 0 Å². The number of para-hydroxylation sites is 1. The molecule has 0 fully saturated rings. The molecule has 0 unspecified atom stereocenters. The molecule has 0 aliphatic rings. The monoisotopic (exact) mass is 300 g/mol. The Morgan fingerprint density at radius 1 is 1.00 bits per heavy atom. The second-order valence-electron chi connectivity index (χ2n) is 4.63. The number of nitrogens with two attached hydrogens (primary N) is 1. The highest BCUT2D eigenvalue weighted by atomic mass is 16.5. The van der Waals surface area contributed by atoms with Gasteiger partial charge in [-0.15, -0.1) is 0 Å². The number of ether oxygens (including phenoxy) is 3. The molecule has 22 heavy (non-hydrogen) atoms. The fourth-order valence-electron chi connectivity index (χ4n) is 2.30. The van der Waals surface area contributed by atoms with Crippen LogP contribution in [-0.2, 0) is 0 Å². The molecule has 0 amide bonds. The Labute approximate surface area is 127 Å². The maximum Gasteiger partial charge on any atom is 0.227 e. The Balaban J connectivity index is 2.19. The van der Waals surface area contributed by atoms with Gasteiger partial charge in [0, 0.05) is 5.56 Å². The number of anilines is 1. The van der Waals surface area contributed by atoms with Crippen molar-refractivity contribution >= 4 is 16.8 Å². The molecular formula is C16H16N2O4. The number of oxazole rings is 1. The minimum Gasteiger partial charge on any atom is -0.493 e. The summed E-state index contributed by atoms with van der Waals surface area (Å²) in [5.74, 6) is 2.02. The summed E-state index contributed by atoms with van der Waals surface area (Å²) in [4.78, 5) is 4.45. The van der Waals surface area contributed by atoms with Crippen LogP contribution in [0.4, 0.5) is 5.69 Å². The van der Waals surface area contributed by atoms with Crippen LogP contribution in [0.1, 0.15) is 0 Å². The smallest absolute Gasteiger partial charge is 0.227 e. The Morgan fingerprint density at radius 2 is 1.68 bits per heavy atom. The van der Waals surface area contributed by atoms with Gasteiger partial charge < -0.3 is 24.4 Å². The first-order chi connectivity index (χ1) is 10.7. The third kappa shape index (κ3) is 2.18. The summed E-state index contributed by atoms with van der Waals surface area (Å²) < 4.78 is 21.7. The molecule has 0 saturated carbocycles. The van der Waals surface area contributed by atoms with Crippen LogP contribution in [0.2, 0.25) is 0 Å². The molecule has 6 heteroatoms. The number of benzene rings is 2. The molecule has 2 aromatic carbocycles. The SMILES string of the molecule is COc1cc(-c2nc3c(N)cccc3o2)cc(OC)c1OC. The van der Waals surface area contributed by atoms with E-state index < -0.39 is 0 Å². The fourth-order valence-corrected chi connectivity index (χ4v) is 2.30. The van der Waals surface area contributed by atoms with Crippen LogP contribution in [0, 0.1) is 0 Å². The summed E-state index contributed by atoms with van der Waals surface area (Å²) in [7, 11) is 4.68. The van der Waals surface area contributed by atoms with Gasteiger partial charge in [0.15, 0.2) is 17.1 Å². The molecule has 1 heterocycles. The van der Waals surface area contributed by atoms with Crippen molar-refractivity contribution in [2.24, 2.45) is 0 Å². The first-order valence-corrected chi connectivity index (χ1v) is 6.63. The minimum absolute atomic E-state index is 0.437. The Kier molecular flexibility index (Phi) is 3.50. The van der Waals surface area contributed by atoms with E-state index in [4.69, 9.17) is 24.4 Å². The second kappa shape index (κ2) is 5.48. The van der Waals surface area contributed by atoms with Gasteiger partial charge in [-0.25, -0.2) is 4.98 Å². The molecule has 1 aromatic heterocycles. The second-order valence-corrected chi connectivity index (χ2v) is 4.63. The van der Waals surface area contributed by atoms with E-state index in [1.165, 1.54) is 0 Å². The quantitative estimate of drug-likeness (QED) is 0.746. The van der Waals surface area contributed by atoms with Crippen LogP contribution in [0.5, 0.6) is 17.2 Å². The summed E-state index contributed by atoms with van der Waals surface area (Å²) in [5, 5.41) is 0. The number of methoxy groups -OCH3 is 3. The van der Waals surface area contributed by atoms with E-state index in [0.29, 0.717) is 45.5 Å². The highest BCUT2D eigenvalue weighted by molar-refractivity contribution is 5.87. The molecule has 3 rings (SSSR count). The van der Waals surface area contributed by atoms with E-state index in [1.807, 2.05) is 12.1 Å². The summed E-state index contributed by atoms with van der Waals surface area (Å²) in [6, 6.07) is 8.98. The Hall–Kier alpha value is -2.89. The molecule has 0 aliphatic carbocycles. The first-order valence-electron chi connectivity index (χ1n) is 6.63. The zero-order valence-electron chi connectivity index (χ0n) is 12.5. The zero-order chi connectivity index (χ0) is 15.7. The predicted octanol–water partition coefficient (Wildman–Crippen LogP) is 3.10. The van der Waals surface area contributed by atoms with Gasteiger partial charge in [0.25, 0.3) is 0 Å². The lowest BCUT2D eigenvalue weighted by atomic mass is 10.2. The van der Waals surface area contributed by atoms with Crippen LogP contribution < -0.4 is 19.9 Å². The Bertz CT molecular complexity index is 801. The molecule has 2 N–H and O–H groups in total. The highest BCUT2D eigenvalue weighted by Gasteiger charge is 2.17. The van der Waals surface area contributed by atoms with Crippen molar-refractivity contribution < 1.29 is 18.6 Å². The number of rotatable bonds is 4. The van der Waals surface area contributed by atoms with Gasteiger partial charge in [-0.3, -0.25) is 0 Å².